The third-order valence-electron chi connectivity index (χ3n) is 1.15. The largest absolute Gasteiger partial charge is 0.351 e. The van der Waals surface area contributed by atoms with Crippen molar-refractivity contribution in [3.8, 4) is 0 Å². The first-order chi connectivity index (χ1) is 5.49. The second-order valence-corrected chi connectivity index (χ2v) is 3.58. The number of carbonyl (C=O) groups excluding carboxylic acids is 1. The highest BCUT2D eigenvalue weighted by molar-refractivity contribution is 5.91. The molecule has 0 spiro atoms. The van der Waals surface area contributed by atoms with E-state index in [1.807, 2.05) is 20.8 Å². The molecule has 12 heavy (non-hydrogen) atoms. The molecule has 0 aliphatic heterocycles. The van der Waals surface area contributed by atoms with E-state index in [0.29, 0.717) is 0 Å². The Morgan fingerprint density at radius 3 is 2.67 bits per heavy atom. The molecule has 1 N–H and O–H groups in total. The van der Waals surface area contributed by atoms with E-state index in [-0.39, 0.29) is 17.2 Å². The highest BCUT2D eigenvalue weighted by Gasteiger charge is 2.17. The Labute approximate surface area is 70.9 Å². The van der Waals surface area contributed by atoms with Crippen LogP contribution in [0.1, 0.15) is 31.3 Å². The summed E-state index contributed by atoms with van der Waals surface area (Å²) in [5.74, 6) is 0.00456. The van der Waals surface area contributed by atoms with Gasteiger partial charge < -0.3 is 9.84 Å². The van der Waals surface area contributed by atoms with Gasteiger partial charge in [-0.05, 0) is 20.8 Å². The molecule has 4 nitrogen and oxygen atoms in total. The molecule has 1 aromatic heterocycles. The van der Waals surface area contributed by atoms with Crippen molar-refractivity contribution in [2.75, 3.05) is 0 Å². The normalized spacial score (nSPS) is 11.2. The zero-order valence-electron chi connectivity index (χ0n) is 7.42. The zero-order chi connectivity index (χ0) is 9.19. The predicted molar refractivity (Wildman–Crippen MR) is 43.7 cm³/mol. The van der Waals surface area contributed by atoms with Crippen molar-refractivity contribution in [2.24, 2.45) is 0 Å². The summed E-state index contributed by atoms with van der Waals surface area (Å²) in [5, 5.41) is 6.19. The average molecular weight is 168 g/mol. The van der Waals surface area contributed by atoms with Gasteiger partial charge in [0.25, 0.3) is 5.91 Å². The van der Waals surface area contributed by atoms with Crippen LogP contribution in [0.25, 0.3) is 0 Å². The summed E-state index contributed by atoms with van der Waals surface area (Å²) in [6, 6.07) is 1.53. The summed E-state index contributed by atoms with van der Waals surface area (Å²) in [5.41, 5.74) is -0.246. The van der Waals surface area contributed by atoms with Crippen LogP contribution in [0.3, 0.4) is 0 Å². The number of rotatable bonds is 1. The van der Waals surface area contributed by atoms with Crippen LogP contribution < -0.4 is 5.32 Å². The fourth-order valence-electron chi connectivity index (χ4n) is 0.735. The third-order valence-corrected chi connectivity index (χ3v) is 1.15. The lowest BCUT2D eigenvalue weighted by Gasteiger charge is -2.18. The van der Waals surface area contributed by atoms with E-state index >= 15 is 0 Å². The molecule has 1 heterocycles. The van der Waals surface area contributed by atoms with Gasteiger partial charge in [0.15, 0.2) is 0 Å². The molecular formula is C8H12N2O2. The molecule has 0 aliphatic carbocycles. The maximum atomic E-state index is 11.3. The Balaban J connectivity index is 2.63. The molecule has 1 aromatic rings. The van der Waals surface area contributed by atoms with Gasteiger partial charge in [-0.3, -0.25) is 4.79 Å². The first-order valence-electron chi connectivity index (χ1n) is 3.72. The molecule has 0 fully saturated rings. The number of hydrogen-bond donors (Lipinski definition) is 1. The van der Waals surface area contributed by atoms with Gasteiger partial charge in [0.05, 0.1) is 6.20 Å². The van der Waals surface area contributed by atoms with Gasteiger partial charge in [-0.2, -0.15) is 0 Å². The minimum Gasteiger partial charge on any atom is -0.351 e. The minimum absolute atomic E-state index is 0.236. The molecule has 1 amide bonds. The molecule has 0 atom stereocenters. The van der Waals surface area contributed by atoms with Crippen LogP contribution in [-0.4, -0.2) is 16.6 Å². The second kappa shape index (κ2) is 2.97. The van der Waals surface area contributed by atoms with Gasteiger partial charge in [-0.1, -0.05) is 5.16 Å². The second-order valence-electron chi connectivity index (χ2n) is 3.58. The number of nitrogens with zero attached hydrogens (tertiary/aromatic N) is 1. The topological polar surface area (TPSA) is 55.1 Å². The van der Waals surface area contributed by atoms with Crippen molar-refractivity contribution >= 4 is 5.91 Å². The lowest BCUT2D eigenvalue weighted by molar-refractivity contribution is 0.0882. The Morgan fingerprint density at radius 1 is 1.58 bits per heavy atom. The van der Waals surface area contributed by atoms with Crippen LogP contribution in [0.15, 0.2) is 16.8 Å². The van der Waals surface area contributed by atoms with Crippen molar-refractivity contribution in [3.63, 3.8) is 0 Å². The summed E-state index contributed by atoms with van der Waals surface area (Å²) < 4.78 is 4.68. The lowest BCUT2D eigenvalue weighted by atomic mass is 10.1. The van der Waals surface area contributed by atoms with Crippen LogP contribution in [0, 0.1) is 0 Å². The van der Waals surface area contributed by atoms with Crippen molar-refractivity contribution < 1.29 is 9.32 Å². The molecule has 4 heteroatoms. The van der Waals surface area contributed by atoms with E-state index in [4.69, 9.17) is 0 Å². The monoisotopic (exact) mass is 168 g/mol. The fourth-order valence-corrected chi connectivity index (χ4v) is 0.735. The Kier molecular flexibility index (Phi) is 2.17. The maximum Gasteiger partial charge on any atom is 0.290 e. The Bertz CT molecular complexity index is 259. The Hall–Kier alpha value is -1.32. The summed E-state index contributed by atoms with van der Waals surface area (Å²) in [6.07, 6.45) is 1.44. The first kappa shape index (κ1) is 8.77. The molecule has 0 bridgehead atoms. The quantitative estimate of drug-likeness (QED) is 0.685. The van der Waals surface area contributed by atoms with Gasteiger partial charge >= 0.3 is 0 Å². The molecule has 0 unspecified atom stereocenters. The van der Waals surface area contributed by atoms with Gasteiger partial charge in [-0.15, -0.1) is 0 Å². The molecule has 0 saturated carbocycles. The van der Waals surface area contributed by atoms with Crippen LogP contribution in [0.5, 0.6) is 0 Å². The molecule has 1 rings (SSSR count). The molecule has 0 aromatic carbocycles. The van der Waals surface area contributed by atoms with Crippen LogP contribution >= 0.6 is 0 Å². The molecule has 66 valence electrons. The lowest BCUT2D eigenvalue weighted by Crippen LogP contribution is -2.40. The summed E-state index contributed by atoms with van der Waals surface area (Å²) in [4.78, 5) is 11.3. The SMILES string of the molecule is CC(C)(C)NC(=O)c1ccno1. The smallest absolute Gasteiger partial charge is 0.290 e. The van der Waals surface area contributed by atoms with E-state index in [2.05, 4.69) is 15.0 Å². The number of aromatic nitrogens is 1. The number of carbonyl (C=O) groups is 1. The Morgan fingerprint density at radius 2 is 2.25 bits per heavy atom. The highest BCUT2D eigenvalue weighted by Crippen LogP contribution is 2.02. The minimum atomic E-state index is -0.246. The average Bonchev–Trinajstić information content (AvgIpc) is 2.32. The summed E-state index contributed by atoms with van der Waals surface area (Å²) in [7, 11) is 0. The molecular weight excluding hydrogens is 156 g/mol. The predicted octanol–water partition coefficient (Wildman–Crippen LogP) is 1.20. The van der Waals surface area contributed by atoms with E-state index in [9.17, 15) is 4.79 Å². The fraction of sp³-hybridized carbons (Fsp3) is 0.500. The first-order valence-corrected chi connectivity index (χ1v) is 3.72. The molecule has 0 aliphatic rings. The van der Waals surface area contributed by atoms with Crippen LogP contribution in [0.2, 0.25) is 0 Å². The molecule has 0 saturated heterocycles. The number of nitrogens with one attached hydrogen (secondary N) is 1. The van der Waals surface area contributed by atoms with Gasteiger partial charge in [-0.25, -0.2) is 0 Å². The van der Waals surface area contributed by atoms with Gasteiger partial charge in [0.1, 0.15) is 0 Å². The van der Waals surface area contributed by atoms with Crippen LogP contribution in [0.4, 0.5) is 0 Å². The van der Waals surface area contributed by atoms with Crippen molar-refractivity contribution in [1.82, 2.24) is 10.5 Å². The summed E-state index contributed by atoms with van der Waals surface area (Å²) >= 11 is 0. The van der Waals surface area contributed by atoms with E-state index < -0.39 is 0 Å². The van der Waals surface area contributed by atoms with E-state index in [0.717, 1.165) is 0 Å². The van der Waals surface area contributed by atoms with Crippen LogP contribution in [-0.2, 0) is 0 Å². The number of hydrogen-bond acceptors (Lipinski definition) is 3. The van der Waals surface area contributed by atoms with Gasteiger partial charge in [0, 0.05) is 11.6 Å². The summed E-state index contributed by atoms with van der Waals surface area (Å²) in [6.45, 7) is 5.71. The van der Waals surface area contributed by atoms with E-state index in [1.165, 1.54) is 12.3 Å². The third kappa shape index (κ3) is 2.38. The van der Waals surface area contributed by atoms with Crippen molar-refractivity contribution in [3.05, 3.63) is 18.0 Å². The van der Waals surface area contributed by atoms with E-state index in [1.54, 1.807) is 0 Å². The van der Waals surface area contributed by atoms with Crippen molar-refractivity contribution in [1.29, 1.82) is 0 Å². The van der Waals surface area contributed by atoms with Crippen molar-refractivity contribution in [2.45, 2.75) is 26.3 Å². The standard InChI is InChI=1S/C8H12N2O2/c1-8(2,3)10-7(11)6-4-5-9-12-6/h4-5H,1-3H3,(H,10,11). The zero-order valence-corrected chi connectivity index (χ0v) is 7.42. The molecule has 0 radical (unpaired) electrons. The highest BCUT2D eigenvalue weighted by atomic mass is 16.5. The maximum absolute atomic E-state index is 11.3. The number of amides is 1. The van der Waals surface area contributed by atoms with Gasteiger partial charge in [0.2, 0.25) is 5.76 Å².